The SMILES string of the molecule is CCOC(=O)c1ccc(Cl)cc1NC(=O)c1ccccc1NC(=O)c1ccccc1F. The number of ether oxygens (including phenoxy) is 1. The summed E-state index contributed by atoms with van der Waals surface area (Å²) in [5, 5.41) is 5.48. The van der Waals surface area contributed by atoms with E-state index in [1.165, 1.54) is 54.6 Å². The third kappa shape index (κ3) is 5.26. The molecule has 0 fully saturated rings. The molecule has 0 aromatic heterocycles. The van der Waals surface area contributed by atoms with E-state index < -0.39 is 23.6 Å². The van der Waals surface area contributed by atoms with Crippen LogP contribution in [-0.4, -0.2) is 24.4 Å². The second-order valence-corrected chi connectivity index (χ2v) is 6.78. The Morgan fingerprint density at radius 2 is 1.45 bits per heavy atom. The first-order chi connectivity index (χ1) is 14.9. The molecule has 3 aromatic rings. The normalized spacial score (nSPS) is 10.3. The van der Waals surface area contributed by atoms with Crippen molar-refractivity contribution >= 4 is 40.8 Å². The molecule has 0 aliphatic carbocycles. The molecule has 0 saturated carbocycles. The first kappa shape index (κ1) is 22.0. The number of halogens is 2. The van der Waals surface area contributed by atoms with E-state index in [-0.39, 0.29) is 34.7 Å². The zero-order valence-corrected chi connectivity index (χ0v) is 17.2. The van der Waals surface area contributed by atoms with Gasteiger partial charge in [-0.3, -0.25) is 9.59 Å². The van der Waals surface area contributed by atoms with Gasteiger partial charge in [-0.05, 0) is 49.4 Å². The molecule has 31 heavy (non-hydrogen) atoms. The zero-order valence-electron chi connectivity index (χ0n) is 16.4. The lowest BCUT2D eigenvalue weighted by atomic mass is 10.1. The molecule has 8 heteroatoms. The minimum atomic E-state index is -0.701. The van der Waals surface area contributed by atoms with Crippen LogP contribution in [0, 0.1) is 5.82 Å². The average molecular weight is 441 g/mol. The first-order valence-electron chi connectivity index (χ1n) is 9.33. The number of carbonyl (C=O) groups excluding carboxylic acids is 3. The number of carbonyl (C=O) groups is 3. The second-order valence-electron chi connectivity index (χ2n) is 6.34. The molecule has 0 aliphatic rings. The lowest BCUT2D eigenvalue weighted by Gasteiger charge is -2.14. The van der Waals surface area contributed by atoms with Crippen molar-refractivity contribution in [2.24, 2.45) is 0 Å². The van der Waals surface area contributed by atoms with Gasteiger partial charge >= 0.3 is 5.97 Å². The van der Waals surface area contributed by atoms with Gasteiger partial charge in [0.25, 0.3) is 11.8 Å². The van der Waals surface area contributed by atoms with E-state index in [0.717, 1.165) is 0 Å². The summed E-state index contributed by atoms with van der Waals surface area (Å²) in [6.45, 7) is 1.83. The van der Waals surface area contributed by atoms with Crippen molar-refractivity contribution in [2.45, 2.75) is 6.92 Å². The Bertz CT molecular complexity index is 1150. The monoisotopic (exact) mass is 440 g/mol. The van der Waals surface area contributed by atoms with Gasteiger partial charge in [0.1, 0.15) is 5.82 Å². The number of amides is 2. The van der Waals surface area contributed by atoms with E-state index in [4.69, 9.17) is 16.3 Å². The maximum absolute atomic E-state index is 13.9. The Hall–Kier alpha value is -3.71. The molecule has 6 nitrogen and oxygen atoms in total. The molecule has 2 amide bonds. The quantitative estimate of drug-likeness (QED) is 0.518. The van der Waals surface area contributed by atoms with Crippen molar-refractivity contribution in [3.8, 4) is 0 Å². The molecule has 3 rings (SSSR count). The summed E-state index contributed by atoms with van der Waals surface area (Å²) in [6, 6.07) is 16.1. The summed E-state index contributed by atoms with van der Waals surface area (Å²) in [5.41, 5.74) is 0.422. The van der Waals surface area contributed by atoms with Gasteiger partial charge < -0.3 is 15.4 Å². The molecule has 0 heterocycles. The van der Waals surface area contributed by atoms with Crippen molar-refractivity contribution in [3.63, 3.8) is 0 Å². The summed E-state index contributed by atoms with van der Waals surface area (Å²) < 4.78 is 18.9. The predicted octanol–water partition coefficient (Wildman–Crippen LogP) is 5.16. The topological polar surface area (TPSA) is 84.5 Å². The third-order valence-corrected chi connectivity index (χ3v) is 4.50. The van der Waals surface area contributed by atoms with E-state index in [1.807, 2.05) is 0 Å². The van der Waals surface area contributed by atoms with Crippen LogP contribution in [0.5, 0.6) is 0 Å². The van der Waals surface area contributed by atoms with Crippen LogP contribution in [0.15, 0.2) is 66.7 Å². The van der Waals surface area contributed by atoms with Crippen LogP contribution in [0.1, 0.15) is 38.0 Å². The molecule has 158 valence electrons. The van der Waals surface area contributed by atoms with Crippen LogP contribution in [0.25, 0.3) is 0 Å². The zero-order chi connectivity index (χ0) is 22.4. The van der Waals surface area contributed by atoms with Gasteiger partial charge in [0.15, 0.2) is 0 Å². The summed E-state index contributed by atoms with van der Waals surface area (Å²) in [5.74, 6) is -2.60. The molecule has 0 spiro atoms. The fourth-order valence-corrected chi connectivity index (χ4v) is 2.99. The number of hydrogen-bond acceptors (Lipinski definition) is 4. The largest absolute Gasteiger partial charge is 0.462 e. The van der Waals surface area contributed by atoms with Crippen molar-refractivity contribution in [1.82, 2.24) is 0 Å². The van der Waals surface area contributed by atoms with Gasteiger partial charge in [0.2, 0.25) is 0 Å². The summed E-state index contributed by atoms with van der Waals surface area (Å²) in [6.07, 6.45) is 0. The van der Waals surface area contributed by atoms with Gasteiger partial charge in [0, 0.05) is 5.02 Å². The number of nitrogens with one attached hydrogen (secondary N) is 2. The number of rotatable bonds is 6. The number of hydrogen-bond donors (Lipinski definition) is 2. The van der Waals surface area contributed by atoms with E-state index in [1.54, 1.807) is 19.1 Å². The Balaban J connectivity index is 1.88. The highest BCUT2D eigenvalue weighted by atomic mass is 35.5. The van der Waals surface area contributed by atoms with Crippen molar-refractivity contribution in [1.29, 1.82) is 0 Å². The van der Waals surface area contributed by atoms with Crippen molar-refractivity contribution in [3.05, 3.63) is 94.3 Å². The van der Waals surface area contributed by atoms with Gasteiger partial charge in [0.05, 0.1) is 34.7 Å². The van der Waals surface area contributed by atoms with Crippen LogP contribution >= 0.6 is 11.6 Å². The average Bonchev–Trinajstić information content (AvgIpc) is 2.74. The molecular formula is C23H18ClFN2O4. The fraction of sp³-hybridized carbons (Fsp3) is 0.0870. The number of esters is 1. The highest BCUT2D eigenvalue weighted by Crippen LogP contribution is 2.24. The highest BCUT2D eigenvalue weighted by Gasteiger charge is 2.19. The predicted molar refractivity (Wildman–Crippen MR) is 116 cm³/mol. The van der Waals surface area contributed by atoms with E-state index in [2.05, 4.69) is 10.6 Å². The minimum Gasteiger partial charge on any atom is -0.462 e. The molecule has 0 saturated heterocycles. The fourth-order valence-electron chi connectivity index (χ4n) is 2.82. The smallest absolute Gasteiger partial charge is 0.340 e. The molecule has 3 aromatic carbocycles. The molecule has 2 N–H and O–H groups in total. The molecule has 0 bridgehead atoms. The standard InChI is InChI=1S/C23H18ClFN2O4/c1-2-31-23(30)17-12-11-14(24)13-20(17)27-22(29)16-8-4-6-10-19(16)26-21(28)15-7-3-5-9-18(15)25/h3-13H,2H2,1H3,(H,26,28)(H,27,29). The van der Waals surface area contributed by atoms with E-state index in [9.17, 15) is 18.8 Å². The summed E-state index contributed by atoms with van der Waals surface area (Å²) in [7, 11) is 0. The number of benzene rings is 3. The summed E-state index contributed by atoms with van der Waals surface area (Å²) in [4.78, 5) is 37.6. The van der Waals surface area contributed by atoms with Gasteiger partial charge in [-0.2, -0.15) is 0 Å². The Kier molecular flexibility index (Phi) is 6.99. The lowest BCUT2D eigenvalue weighted by Crippen LogP contribution is -2.20. The van der Waals surface area contributed by atoms with Gasteiger partial charge in [-0.25, -0.2) is 9.18 Å². The number of anilines is 2. The number of para-hydroxylation sites is 1. The van der Waals surface area contributed by atoms with E-state index >= 15 is 0 Å². The molecular weight excluding hydrogens is 423 g/mol. The maximum atomic E-state index is 13.9. The van der Waals surface area contributed by atoms with Gasteiger partial charge in [-0.1, -0.05) is 35.9 Å². The van der Waals surface area contributed by atoms with Crippen LogP contribution in [0.2, 0.25) is 5.02 Å². The Morgan fingerprint density at radius 1 is 0.839 bits per heavy atom. The molecule has 0 radical (unpaired) electrons. The van der Waals surface area contributed by atoms with Crippen LogP contribution in [-0.2, 0) is 4.74 Å². The first-order valence-corrected chi connectivity index (χ1v) is 9.71. The molecule has 0 unspecified atom stereocenters. The Morgan fingerprint density at radius 3 is 2.16 bits per heavy atom. The lowest BCUT2D eigenvalue weighted by molar-refractivity contribution is 0.0527. The van der Waals surface area contributed by atoms with Crippen LogP contribution in [0.3, 0.4) is 0 Å². The summed E-state index contributed by atoms with van der Waals surface area (Å²) >= 11 is 6.01. The highest BCUT2D eigenvalue weighted by molar-refractivity contribution is 6.31. The molecule has 0 atom stereocenters. The Labute approximate surface area is 183 Å². The maximum Gasteiger partial charge on any atom is 0.340 e. The second kappa shape index (κ2) is 9.86. The van der Waals surface area contributed by atoms with Crippen molar-refractivity contribution < 1.29 is 23.5 Å². The van der Waals surface area contributed by atoms with E-state index in [0.29, 0.717) is 5.02 Å². The minimum absolute atomic E-state index is 0.113. The third-order valence-electron chi connectivity index (χ3n) is 4.26. The van der Waals surface area contributed by atoms with Gasteiger partial charge in [-0.15, -0.1) is 0 Å². The molecule has 0 aliphatic heterocycles. The van der Waals surface area contributed by atoms with Crippen LogP contribution in [0.4, 0.5) is 15.8 Å². The van der Waals surface area contributed by atoms with Crippen molar-refractivity contribution in [2.75, 3.05) is 17.2 Å². The van der Waals surface area contributed by atoms with Crippen LogP contribution < -0.4 is 10.6 Å².